The van der Waals surface area contributed by atoms with E-state index in [0.29, 0.717) is 25.2 Å². The number of anilines is 1. The quantitative estimate of drug-likeness (QED) is 0.642. The van der Waals surface area contributed by atoms with E-state index in [2.05, 4.69) is 21.3 Å². The van der Waals surface area contributed by atoms with Crippen LogP contribution in [0.5, 0.6) is 11.5 Å². The molecule has 0 saturated carbocycles. The predicted molar refractivity (Wildman–Crippen MR) is 123 cm³/mol. The molecule has 1 aliphatic rings. The number of nitrogens with one attached hydrogen (secondary N) is 1. The third-order valence-electron chi connectivity index (χ3n) is 5.95. The highest BCUT2D eigenvalue weighted by Crippen LogP contribution is 2.34. The van der Waals surface area contributed by atoms with E-state index >= 15 is 0 Å². The van der Waals surface area contributed by atoms with Gasteiger partial charge in [-0.25, -0.2) is 0 Å². The smallest absolute Gasteiger partial charge is 0.223 e. The predicted octanol–water partition coefficient (Wildman–Crippen LogP) is 3.66. The maximum atomic E-state index is 12.7. The number of nitrogens with zero attached hydrogens (tertiary/aromatic N) is 3. The van der Waals surface area contributed by atoms with E-state index in [0.717, 1.165) is 46.5 Å². The van der Waals surface area contributed by atoms with Gasteiger partial charge in [-0.1, -0.05) is 12.1 Å². The Morgan fingerprint density at radius 3 is 2.62 bits per heavy atom. The Kier molecular flexibility index (Phi) is 6.41. The molecule has 0 atom stereocenters. The van der Waals surface area contributed by atoms with E-state index in [1.165, 1.54) is 0 Å². The van der Waals surface area contributed by atoms with E-state index < -0.39 is 0 Å². The molecule has 1 aliphatic heterocycles. The average Bonchev–Trinajstić information content (AvgIpc) is 2.86. The molecule has 1 aromatic heterocycles. The summed E-state index contributed by atoms with van der Waals surface area (Å²) in [5, 5.41) is 13.6. The summed E-state index contributed by atoms with van der Waals surface area (Å²) in [6.07, 6.45) is 3.07. The van der Waals surface area contributed by atoms with Gasteiger partial charge < -0.3 is 19.7 Å². The third-order valence-corrected chi connectivity index (χ3v) is 5.95. The van der Waals surface area contributed by atoms with Crippen molar-refractivity contribution in [3.05, 3.63) is 59.8 Å². The van der Waals surface area contributed by atoms with Gasteiger partial charge >= 0.3 is 0 Å². The molecule has 1 N–H and O–H groups in total. The molecule has 0 unspecified atom stereocenters. The van der Waals surface area contributed by atoms with E-state index in [9.17, 15) is 10.1 Å². The number of aromatic nitrogens is 1. The van der Waals surface area contributed by atoms with Crippen LogP contribution in [0.4, 0.5) is 5.69 Å². The van der Waals surface area contributed by atoms with Crippen LogP contribution in [0.1, 0.15) is 24.0 Å². The Morgan fingerprint density at radius 2 is 1.91 bits per heavy atom. The summed E-state index contributed by atoms with van der Waals surface area (Å²) in [7, 11) is 3.25. The second-order valence-electron chi connectivity index (χ2n) is 7.85. The van der Waals surface area contributed by atoms with Gasteiger partial charge in [0.2, 0.25) is 5.91 Å². The molecule has 0 radical (unpaired) electrons. The van der Waals surface area contributed by atoms with Crippen LogP contribution >= 0.6 is 0 Å². The number of piperidine rings is 1. The number of carbonyl (C=O) groups is 1. The van der Waals surface area contributed by atoms with E-state index in [-0.39, 0.29) is 11.8 Å². The van der Waals surface area contributed by atoms with Gasteiger partial charge in [0.05, 0.1) is 31.0 Å². The third kappa shape index (κ3) is 4.45. The minimum Gasteiger partial charge on any atom is -0.497 e. The number of amides is 1. The molecular weight excluding hydrogens is 404 g/mol. The van der Waals surface area contributed by atoms with Gasteiger partial charge in [0.15, 0.2) is 0 Å². The molecule has 2 aromatic carbocycles. The average molecular weight is 431 g/mol. The van der Waals surface area contributed by atoms with Crippen LogP contribution in [-0.2, 0) is 11.3 Å². The zero-order valence-electron chi connectivity index (χ0n) is 18.3. The number of hydrogen-bond donors (Lipinski definition) is 1. The summed E-state index contributed by atoms with van der Waals surface area (Å²) in [6, 6.07) is 15.7. The van der Waals surface area contributed by atoms with E-state index in [1.807, 2.05) is 42.5 Å². The van der Waals surface area contributed by atoms with Crippen LogP contribution in [0.15, 0.2) is 48.7 Å². The lowest BCUT2D eigenvalue weighted by Gasteiger charge is -2.34. The normalized spacial score (nSPS) is 14.1. The number of benzene rings is 2. The monoisotopic (exact) mass is 430 g/mol. The zero-order valence-corrected chi connectivity index (χ0v) is 18.3. The van der Waals surface area contributed by atoms with Gasteiger partial charge in [-0.15, -0.1) is 0 Å². The fraction of sp³-hybridized carbons (Fsp3) is 0.320. The molecule has 0 bridgehead atoms. The summed E-state index contributed by atoms with van der Waals surface area (Å²) in [5.41, 5.74) is 3.22. The van der Waals surface area contributed by atoms with E-state index in [4.69, 9.17) is 9.47 Å². The molecular formula is C25H26N4O3. The first kappa shape index (κ1) is 21.4. The first-order valence-electron chi connectivity index (χ1n) is 10.7. The van der Waals surface area contributed by atoms with Gasteiger partial charge in [-0.2, -0.15) is 5.26 Å². The first-order chi connectivity index (χ1) is 15.6. The summed E-state index contributed by atoms with van der Waals surface area (Å²) in [5.74, 6) is 1.52. The molecule has 164 valence electrons. The summed E-state index contributed by atoms with van der Waals surface area (Å²) in [6.45, 7) is 1.87. The van der Waals surface area contributed by atoms with E-state index in [1.54, 1.807) is 20.4 Å². The van der Waals surface area contributed by atoms with Crippen LogP contribution in [-0.4, -0.2) is 38.2 Å². The summed E-state index contributed by atoms with van der Waals surface area (Å²) in [4.78, 5) is 19.4. The molecule has 4 rings (SSSR count). The standard InChI is InChI=1S/C25H26N4O3/c1-31-20-5-3-4-17(12-20)15-28-25(30)18-8-10-29(11-9-18)24-19(14-26)16-27-23-7-6-21(32-2)13-22(23)24/h3-7,12-13,16,18H,8-11,15H2,1-2H3,(H,28,30). The number of hydrogen-bond acceptors (Lipinski definition) is 6. The molecule has 3 aromatic rings. The topological polar surface area (TPSA) is 87.5 Å². The highest BCUT2D eigenvalue weighted by atomic mass is 16.5. The lowest BCUT2D eigenvalue weighted by molar-refractivity contribution is -0.125. The highest BCUT2D eigenvalue weighted by Gasteiger charge is 2.27. The van der Waals surface area contributed by atoms with Crippen LogP contribution < -0.4 is 19.7 Å². The molecule has 7 heteroatoms. The number of ether oxygens (including phenoxy) is 2. The SMILES string of the molecule is COc1cccc(CNC(=O)C2CCN(c3c(C#N)cnc4ccc(OC)cc34)CC2)c1. The molecule has 0 spiro atoms. The Hall–Kier alpha value is -3.79. The fourth-order valence-corrected chi connectivity index (χ4v) is 4.19. The van der Waals surface area contributed by atoms with Crippen molar-refractivity contribution in [2.45, 2.75) is 19.4 Å². The second-order valence-corrected chi connectivity index (χ2v) is 7.85. The number of nitriles is 1. The highest BCUT2D eigenvalue weighted by molar-refractivity contribution is 5.95. The van der Waals surface area contributed by atoms with Gasteiger partial charge in [-0.3, -0.25) is 9.78 Å². The number of fused-ring (bicyclic) bond motifs is 1. The van der Waals surface area contributed by atoms with Crippen molar-refractivity contribution >= 4 is 22.5 Å². The first-order valence-corrected chi connectivity index (χ1v) is 10.7. The minimum atomic E-state index is -0.0509. The maximum Gasteiger partial charge on any atom is 0.223 e. The number of methoxy groups -OCH3 is 2. The zero-order chi connectivity index (χ0) is 22.5. The van der Waals surface area contributed by atoms with Crippen LogP contribution in [0.3, 0.4) is 0 Å². The maximum absolute atomic E-state index is 12.7. The fourth-order valence-electron chi connectivity index (χ4n) is 4.19. The van der Waals surface area contributed by atoms with Crippen LogP contribution in [0.25, 0.3) is 10.9 Å². The molecule has 1 amide bonds. The molecule has 1 fully saturated rings. The van der Waals surface area contributed by atoms with Crippen molar-refractivity contribution in [1.82, 2.24) is 10.3 Å². The number of rotatable bonds is 6. The van der Waals surface area contributed by atoms with Crippen molar-refractivity contribution < 1.29 is 14.3 Å². The molecule has 2 heterocycles. The Bertz CT molecular complexity index is 1160. The van der Waals surface area contributed by atoms with Crippen molar-refractivity contribution in [3.8, 4) is 17.6 Å². The van der Waals surface area contributed by atoms with Crippen molar-refractivity contribution in [2.75, 3.05) is 32.2 Å². The van der Waals surface area contributed by atoms with Crippen molar-refractivity contribution in [3.63, 3.8) is 0 Å². The summed E-state index contributed by atoms with van der Waals surface area (Å²) < 4.78 is 10.6. The molecule has 32 heavy (non-hydrogen) atoms. The molecule has 1 saturated heterocycles. The summed E-state index contributed by atoms with van der Waals surface area (Å²) >= 11 is 0. The van der Waals surface area contributed by atoms with Crippen LogP contribution in [0, 0.1) is 17.2 Å². The van der Waals surface area contributed by atoms with Crippen molar-refractivity contribution in [1.29, 1.82) is 5.26 Å². The van der Waals surface area contributed by atoms with Crippen molar-refractivity contribution in [2.24, 2.45) is 5.92 Å². The Labute approximate surface area is 187 Å². The van der Waals surface area contributed by atoms with Gasteiger partial charge in [-0.05, 0) is 48.7 Å². The Morgan fingerprint density at radius 1 is 1.16 bits per heavy atom. The van der Waals surface area contributed by atoms with Crippen LogP contribution in [0.2, 0.25) is 0 Å². The number of pyridine rings is 1. The lowest BCUT2D eigenvalue weighted by Crippen LogP contribution is -2.40. The minimum absolute atomic E-state index is 0.0509. The molecule has 7 nitrogen and oxygen atoms in total. The number of carbonyl (C=O) groups excluding carboxylic acids is 1. The van der Waals surface area contributed by atoms with Gasteiger partial charge in [0.1, 0.15) is 17.6 Å². The Balaban J connectivity index is 1.45. The van der Waals surface area contributed by atoms with Gasteiger partial charge in [0, 0.05) is 37.1 Å². The van der Waals surface area contributed by atoms with Gasteiger partial charge in [0.25, 0.3) is 0 Å². The lowest BCUT2D eigenvalue weighted by atomic mass is 9.94. The largest absolute Gasteiger partial charge is 0.497 e. The second kappa shape index (κ2) is 9.56. The molecule has 0 aliphatic carbocycles.